The SMILES string of the molecule is Cc1nc(CN(C)C)sc1C(=O)NC(C)C. The fourth-order valence-electron chi connectivity index (χ4n) is 1.33. The molecule has 1 aromatic rings. The molecule has 0 fully saturated rings. The molecule has 0 saturated heterocycles. The van der Waals surface area contributed by atoms with Gasteiger partial charge in [0.2, 0.25) is 0 Å². The number of carbonyl (C=O) groups is 1. The third-order valence-corrected chi connectivity index (χ3v) is 3.06. The van der Waals surface area contributed by atoms with Gasteiger partial charge in [0.1, 0.15) is 9.88 Å². The summed E-state index contributed by atoms with van der Waals surface area (Å²) in [6.07, 6.45) is 0. The van der Waals surface area contributed by atoms with Crippen molar-refractivity contribution < 1.29 is 4.79 Å². The third kappa shape index (κ3) is 3.57. The predicted octanol–water partition coefficient (Wildman–Crippen LogP) is 1.65. The lowest BCUT2D eigenvalue weighted by Crippen LogP contribution is -2.29. The molecule has 0 atom stereocenters. The smallest absolute Gasteiger partial charge is 0.263 e. The molecule has 1 aromatic heterocycles. The number of carbonyl (C=O) groups excluding carboxylic acids is 1. The van der Waals surface area contributed by atoms with Gasteiger partial charge in [-0.25, -0.2) is 4.98 Å². The summed E-state index contributed by atoms with van der Waals surface area (Å²) >= 11 is 1.47. The first-order valence-corrected chi connectivity index (χ1v) is 6.13. The molecule has 0 spiro atoms. The Labute approximate surface area is 101 Å². The van der Waals surface area contributed by atoms with E-state index in [0.717, 1.165) is 22.1 Å². The van der Waals surface area contributed by atoms with Gasteiger partial charge < -0.3 is 10.2 Å². The van der Waals surface area contributed by atoms with Crippen LogP contribution >= 0.6 is 11.3 Å². The molecule has 0 radical (unpaired) electrons. The highest BCUT2D eigenvalue weighted by molar-refractivity contribution is 7.13. The molecule has 0 aromatic carbocycles. The van der Waals surface area contributed by atoms with Crippen LogP contribution in [0, 0.1) is 6.92 Å². The number of hydrogen-bond acceptors (Lipinski definition) is 4. The molecular weight excluding hydrogens is 222 g/mol. The first-order chi connectivity index (χ1) is 7.40. The number of hydrogen-bond donors (Lipinski definition) is 1. The van der Waals surface area contributed by atoms with Gasteiger partial charge >= 0.3 is 0 Å². The summed E-state index contributed by atoms with van der Waals surface area (Å²) in [5, 5.41) is 3.87. The quantitative estimate of drug-likeness (QED) is 0.872. The summed E-state index contributed by atoms with van der Waals surface area (Å²) < 4.78 is 0. The summed E-state index contributed by atoms with van der Waals surface area (Å²) in [4.78, 5) is 19.0. The maximum absolute atomic E-state index is 11.8. The average molecular weight is 241 g/mol. The Balaban J connectivity index is 2.81. The number of nitrogens with one attached hydrogen (secondary N) is 1. The molecule has 4 nitrogen and oxygen atoms in total. The average Bonchev–Trinajstić information content (AvgIpc) is 2.44. The summed E-state index contributed by atoms with van der Waals surface area (Å²) in [6, 6.07) is 0.159. The molecule has 16 heavy (non-hydrogen) atoms. The summed E-state index contributed by atoms with van der Waals surface area (Å²) in [5.41, 5.74) is 0.819. The highest BCUT2D eigenvalue weighted by Crippen LogP contribution is 2.18. The van der Waals surface area contributed by atoms with Gasteiger partial charge in [-0.2, -0.15) is 0 Å². The van der Waals surface area contributed by atoms with E-state index >= 15 is 0 Å². The van der Waals surface area contributed by atoms with Crippen molar-refractivity contribution in [1.82, 2.24) is 15.2 Å². The van der Waals surface area contributed by atoms with Crippen LogP contribution in [0.2, 0.25) is 0 Å². The van der Waals surface area contributed by atoms with Gasteiger partial charge in [0, 0.05) is 12.6 Å². The van der Waals surface area contributed by atoms with Gasteiger partial charge in [0.15, 0.2) is 0 Å². The van der Waals surface area contributed by atoms with E-state index < -0.39 is 0 Å². The van der Waals surface area contributed by atoms with Gasteiger partial charge in [-0.1, -0.05) is 0 Å². The second-order valence-electron chi connectivity index (χ2n) is 4.39. The van der Waals surface area contributed by atoms with Crippen molar-refractivity contribution in [2.24, 2.45) is 0 Å². The van der Waals surface area contributed by atoms with Crippen molar-refractivity contribution >= 4 is 17.2 Å². The van der Waals surface area contributed by atoms with Crippen molar-refractivity contribution in [1.29, 1.82) is 0 Å². The van der Waals surface area contributed by atoms with Crippen LogP contribution in [0.25, 0.3) is 0 Å². The van der Waals surface area contributed by atoms with Gasteiger partial charge in [-0.3, -0.25) is 4.79 Å². The van der Waals surface area contributed by atoms with Crippen molar-refractivity contribution in [2.75, 3.05) is 14.1 Å². The van der Waals surface area contributed by atoms with Crippen LogP contribution in [0.4, 0.5) is 0 Å². The summed E-state index contributed by atoms with van der Waals surface area (Å²) in [5.74, 6) is -0.0185. The minimum Gasteiger partial charge on any atom is -0.349 e. The molecule has 1 heterocycles. The zero-order valence-electron chi connectivity index (χ0n) is 10.5. The van der Waals surface area contributed by atoms with E-state index in [1.807, 2.05) is 39.8 Å². The fourth-order valence-corrected chi connectivity index (χ4v) is 2.41. The maximum atomic E-state index is 11.8. The molecule has 1 amide bonds. The van der Waals surface area contributed by atoms with Crippen molar-refractivity contribution in [3.8, 4) is 0 Å². The molecule has 1 N–H and O–H groups in total. The number of nitrogens with zero attached hydrogens (tertiary/aromatic N) is 2. The fraction of sp³-hybridized carbons (Fsp3) is 0.636. The van der Waals surface area contributed by atoms with E-state index in [0.29, 0.717) is 0 Å². The molecule has 0 aliphatic heterocycles. The van der Waals surface area contributed by atoms with Crippen LogP contribution in [-0.4, -0.2) is 35.9 Å². The molecule has 0 aliphatic carbocycles. The zero-order chi connectivity index (χ0) is 12.3. The van der Waals surface area contributed by atoms with E-state index in [2.05, 4.69) is 10.3 Å². The second-order valence-corrected chi connectivity index (χ2v) is 5.47. The molecule has 5 heteroatoms. The number of amides is 1. The van der Waals surface area contributed by atoms with Crippen LogP contribution in [0.1, 0.15) is 34.2 Å². The Bertz CT molecular complexity index is 371. The Morgan fingerprint density at radius 1 is 1.50 bits per heavy atom. The van der Waals surface area contributed by atoms with E-state index in [4.69, 9.17) is 0 Å². The van der Waals surface area contributed by atoms with Gasteiger partial charge in [0.25, 0.3) is 5.91 Å². The van der Waals surface area contributed by atoms with Crippen molar-refractivity contribution in [3.05, 3.63) is 15.6 Å². The van der Waals surface area contributed by atoms with Crippen LogP contribution in [0.5, 0.6) is 0 Å². The minimum atomic E-state index is -0.0185. The van der Waals surface area contributed by atoms with Crippen LogP contribution in [-0.2, 0) is 6.54 Å². The van der Waals surface area contributed by atoms with Gasteiger partial charge in [0.05, 0.1) is 5.69 Å². The predicted molar refractivity (Wildman–Crippen MR) is 66.8 cm³/mol. The van der Waals surface area contributed by atoms with Gasteiger partial charge in [-0.05, 0) is 34.9 Å². The lowest BCUT2D eigenvalue weighted by molar-refractivity contribution is 0.0946. The van der Waals surface area contributed by atoms with Crippen molar-refractivity contribution in [3.63, 3.8) is 0 Å². The number of aromatic nitrogens is 1. The van der Waals surface area contributed by atoms with Crippen LogP contribution < -0.4 is 5.32 Å². The second kappa shape index (κ2) is 5.41. The lowest BCUT2D eigenvalue weighted by atomic mass is 10.3. The Kier molecular flexibility index (Phi) is 4.44. The Hall–Kier alpha value is -0.940. The lowest BCUT2D eigenvalue weighted by Gasteiger charge is -2.06. The molecule has 90 valence electrons. The van der Waals surface area contributed by atoms with Gasteiger partial charge in [-0.15, -0.1) is 11.3 Å². The monoisotopic (exact) mass is 241 g/mol. The largest absolute Gasteiger partial charge is 0.349 e. The van der Waals surface area contributed by atoms with E-state index in [-0.39, 0.29) is 11.9 Å². The normalized spacial score (nSPS) is 11.2. The van der Waals surface area contributed by atoms with Crippen LogP contribution in [0.15, 0.2) is 0 Å². The summed E-state index contributed by atoms with van der Waals surface area (Å²) in [6.45, 7) is 6.56. The Morgan fingerprint density at radius 2 is 2.12 bits per heavy atom. The van der Waals surface area contributed by atoms with E-state index in [9.17, 15) is 4.79 Å². The molecule has 0 saturated carbocycles. The third-order valence-electron chi connectivity index (χ3n) is 1.92. The topological polar surface area (TPSA) is 45.2 Å². The molecule has 1 rings (SSSR count). The zero-order valence-corrected chi connectivity index (χ0v) is 11.3. The summed E-state index contributed by atoms with van der Waals surface area (Å²) in [7, 11) is 3.98. The highest BCUT2D eigenvalue weighted by Gasteiger charge is 2.15. The standard InChI is InChI=1S/C11H19N3OS/c1-7(2)12-11(15)10-8(3)13-9(16-10)6-14(4)5/h7H,6H2,1-5H3,(H,12,15). The van der Waals surface area contributed by atoms with Crippen molar-refractivity contribution in [2.45, 2.75) is 33.4 Å². The van der Waals surface area contributed by atoms with Crippen LogP contribution in [0.3, 0.4) is 0 Å². The first-order valence-electron chi connectivity index (χ1n) is 5.32. The maximum Gasteiger partial charge on any atom is 0.263 e. The Morgan fingerprint density at radius 3 is 2.62 bits per heavy atom. The first kappa shape index (κ1) is 13.1. The molecular formula is C11H19N3OS. The molecule has 0 aliphatic rings. The number of aryl methyl sites for hydroxylation is 1. The minimum absolute atomic E-state index is 0.0185. The van der Waals surface area contributed by atoms with E-state index in [1.54, 1.807) is 0 Å². The number of thiazole rings is 1. The number of rotatable bonds is 4. The molecule has 0 unspecified atom stereocenters. The highest BCUT2D eigenvalue weighted by atomic mass is 32.1. The molecule has 0 bridgehead atoms. The van der Waals surface area contributed by atoms with E-state index in [1.165, 1.54) is 11.3 Å².